The highest BCUT2D eigenvalue weighted by atomic mass is 15.1. The molecule has 0 N–H and O–H groups in total. The lowest BCUT2D eigenvalue weighted by molar-refractivity contribution is 0.168. The quantitative estimate of drug-likeness (QED) is 0.646. The summed E-state index contributed by atoms with van der Waals surface area (Å²) in [4.78, 5) is 2.52. The molecule has 13 heavy (non-hydrogen) atoms. The smallest absolute Gasteiger partial charge is 0.00923 e. The van der Waals surface area contributed by atoms with Gasteiger partial charge in [0.1, 0.15) is 0 Å². The van der Waals surface area contributed by atoms with Crippen LogP contribution in [0.1, 0.15) is 52.4 Å². The van der Waals surface area contributed by atoms with Gasteiger partial charge >= 0.3 is 0 Å². The van der Waals surface area contributed by atoms with E-state index in [9.17, 15) is 0 Å². The maximum Gasteiger partial charge on any atom is 0.00923 e. The van der Waals surface area contributed by atoms with Crippen LogP contribution in [0, 0.1) is 5.92 Å². The fraction of sp³-hybridized carbons (Fsp3) is 1.00. The average molecular weight is 183 g/mol. The van der Waals surface area contributed by atoms with Crippen molar-refractivity contribution < 1.29 is 0 Å². The van der Waals surface area contributed by atoms with Crippen molar-refractivity contribution in [3.8, 4) is 0 Å². The molecule has 0 spiro atoms. The Balaban J connectivity index is 2.22. The summed E-state index contributed by atoms with van der Waals surface area (Å²) in [6.45, 7) is 5.78. The molecule has 78 valence electrons. The lowest BCUT2D eigenvalue weighted by atomic mass is 9.83. The van der Waals surface area contributed by atoms with Crippen LogP contribution in [-0.4, -0.2) is 24.5 Å². The van der Waals surface area contributed by atoms with Gasteiger partial charge in [-0.1, -0.05) is 26.7 Å². The molecule has 0 amide bonds. The molecule has 1 fully saturated rings. The molecular formula is C12H25N. The van der Waals surface area contributed by atoms with E-state index < -0.39 is 0 Å². The first-order valence-corrected chi connectivity index (χ1v) is 5.98. The predicted octanol–water partition coefficient (Wildman–Crippen LogP) is 3.30. The summed E-state index contributed by atoms with van der Waals surface area (Å²) in [5.74, 6) is 1.05. The predicted molar refractivity (Wildman–Crippen MR) is 59.0 cm³/mol. The molecule has 0 aliphatic heterocycles. The van der Waals surface area contributed by atoms with E-state index in [1.165, 1.54) is 45.1 Å². The van der Waals surface area contributed by atoms with Crippen molar-refractivity contribution in [3.05, 3.63) is 0 Å². The van der Waals surface area contributed by atoms with Crippen LogP contribution in [0.2, 0.25) is 0 Å². The van der Waals surface area contributed by atoms with E-state index in [2.05, 4.69) is 25.8 Å². The minimum atomic E-state index is 0.887. The highest BCUT2D eigenvalue weighted by Crippen LogP contribution is 2.29. The van der Waals surface area contributed by atoms with E-state index in [1.54, 1.807) is 0 Å². The van der Waals surface area contributed by atoms with E-state index in [0.29, 0.717) is 0 Å². The SMILES string of the molecule is CCCC1CCC(N(C)CC)CC1. The fourth-order valence-electron chi connectivity index (χ4n) is 2.54. The first-order chi connectivity index (χ1) is 6.27. The molecular weight excluding hydrogens is 158 g/mol. The lowest BCUT2D eigenvalue weighted by Gasteiger charge is -2.34. The summed E-state index contributed by atoms with van der Waals surface area (Å²) >= 11 is 0. The van der Waals surface area contributed by atoms with Gasteiger partial charge in [-0.3, -0.25) is 0 Å². The highest BCUT2D eigenvalue weighted by Gasteiger charge is 2.22. The second kappa shape index (κ2) is 5.64. The van der Waals surface area contributed by atoms with Gasteiger partial charge < -0.3 is 4.90 Å². The van der Waals surface area contributed by atoms with Gasteiger partial charge in [-0.15, -0.1) is 0 Å². The molecule has 1 heteroatoms. The molecule has 0 aromatic rings. The minimum absolute atomic E-state index is 0.887. The summed E-state index contributed by atoms with van der Waals surface area (Å²) in [5, 5.41) is 0. The summed E-state index contributed by atoms with van der Waals surface area (Å²) in [5.41, 5.74) is 0. The van der Waals surface area contributed by atoms with Crippen LogP contribution < -0.4 is 0 Å². The summed E-state index contributed by atoms with van der Waals surface area (Å²) < 4.78 is 0. The van der Waals surface area contributed by atoms with Crippen molar-refractivity contribution in [2.24, 2.45) is 5.92 Å². The zero-order valence-corrected chi connectivity index (χ0v) is 9.55. The van der Waals surface area contributed by atoms with Gasteiger partial charge in [0.25, 0.3) is 0 Å². The van der Waals surface area contributed by atoms with Crippen LogP contribution in [0.3, 0.4) is 0 Å². The van der Waals surface area contributed by atoms with Crippen molar-refractivity contribution >= 4 is 0 Å². The van der Waals surface area contributed by atoms with E-state index >= 15 is 0 Å². The molecule has 0 unspecified atom stereocenters. The maximum absolute atomic E-state index is 2.52. The Hall–Kier alpha value is -0.0400. The van der Waals surface area contributed by atoms with E-state index in [4.69, 9.17) is 0 Å². The molecule has 1 saturated carbocycles. The van der Waals surface area contributed by atoms with Crippen LogP contribution in [0.4, 0.5) is 0 Å². The van der Waals surface area contributed by atoms with Crippen molar-refractivity contribution in [3.63, 3.8) is 0 Å². The third-order valence-electron chi connectivity index (χ3n) is 3.64. The molecule has 0 aromatic carbocycles. The van der Waals surface area contributed by atoms with Gasteiger partial charge in [-0.25, -0.2) is 0 Å². The topological polar surface area (TPSA) is 3.24 Å². The summed E-state index contributed by atoms with van der Waals surface area (Å²) in [6.07, 6.45) is 8.66. The van der Waals surface area contributed by atoms with E-state index in [0.717, 1.165) is 12.0 Å². The second-order valence-corrected chi connectivity index (χ2v) is 4.54. The maximum atomic E-state index is 2.52. The molecule has 1 aliphatic carbocycles. The van der Waals surface area contributed by atoms with Gasteiger partial charge in [-0.2, -0.15) is 0 Å². The van der Waals surface area contributed by atoms with Crippen molar-refractivity contribution in [2.45, 2.75) is 58.4 Å². The normalized spacial score (nSPS) is 29.5. The Bertz CT molecular complexity index is 125. The van der Waals surface area contributed by atoms with Gasteiger partial charge in [-0.05, 0) is 45.2 Å². The lowest BCUT2D eigenvalue weighted by Crippen LogP contribution is -2.34. The van der Waals surface area contributed by atoms with E-state index in [1.807, 2.05) is 0 Å². The van der Waals surface area contributed by atoms with Gasteiger partial charge in [0.05, 0.1) is 0 Å². The van der Waals surface area contributed by atoms with Crippen molar-refractivity contribution in [2.75, 3.05) is 13.6 Å². The third kappa shape index (κ3) is 3.30. The monoisotopic (exact) mass is 183 g/mol. The minimum Gasteiger partial charge on any atom is -0.304 e. The Morgan fingerprint density at radius 1 is 1.08 bits per heavy atom. The molecule has 1 nitrogen and oxygen atoms in total. The Labute approximate surface area is 83.5 Å². The molecule has 0 atom stereocenters. The Kier molecular flexibility index (Phi) is 4.79. The molecule has 0 saturated heterocycles. The van der Waals surface area contributed by atoms with E-state index in [-0.39, 0.29) is 0 Å². The molecule has 0 heterocycles. The van der Waals surface area contributed by atoms with Crippen LogP contribution in [0.25, 0.3) is 0 Å². The van der Waals surface area contributed by atoms with Gasteiger partial charge in [0, 0.05) is 6.04 Å². The fourth-order valence-corrected chi connectivity index (χ4v) is 2.54. The Morgan fingerprint density at radius 2 is 1.69 bits per heavy atom. The van der Waals surface area contributed by atoms with Crippen molar-refractivity contribution in [1.82, 2.24) is 4.90 Å². The molecule has 1 rings (SSSR count). The van der Waals surface area contributed by atoms with Crippen molar-refractivity contribution in [1.29, 1.82) is 0 Å². The van der Waals surface area contributed by atoms with Crippen LogP contribution in [-0.2, 0) is 0 Å². The van der Waals surface area contributed by atoms with Gasteiger partial charge in [0.2, 0.25) is 0 Å². The first kappa shape index (κ1) is 11.0. The number of hydrogen-bond donors (Lipinski definition) is 0. The van der Waals surface area contributed by atoms with Crippen LogP contribution >= 0.6 is 0 Å². The highest BCUT2D eigenvalue weighted by molar-refractivity contribution is 4.77. The number of hydrogen-bond acceptors (Lipinski definition) is 1. The average Bonchev–Trinajstić information content (AvgIpc) is 2.18. The van der Waals surface area contributed by atoms with Crippen LogP contribution in [0.5, 0.6) is 0 Å². The van der Waals surface area contributed by atoms with Gasteiger partial charge in [0.15, 0.2) is 0 Å². The standard InChI is InChI=1S/C12H25N/c1-4-6-11-7-9-12(10-8-11)13(3)5-2/h11-12H,4-10H2,1-3H3. The summed E-state index contributed by atoms with van der Waals surface area (Å²) in [7, 11) is 2.27. The number of rotatable bonds is 4. The first-order valence-electron chi connectivity index (χ1n) is 5.98. The van der Waals surface area contributed by atoms with Crippen LogP contribution in [0.15, 0.2) is 0 Å². The largest absolute Gasteiger partial charge is 0.304 e. The second-order valence-electron chi connectivity index (χ2n) is 4.54. The molecule has 0 aromatic heterocycles. The number of nitrogens with zero attached hydrogens (tertiary/aromatic N) is 1. The molecule has 0 radical (unpaired) electrons. The Morgan fingerprint density at radius 3 is 2.15 bits per heavy atom. The summed E-state index contributed by atoms with van der Waals surface area (Å²) in [6, 6.07) is 0.887. The molecule has 1 aliphatic rings. The third-order valence-corrected chi connectivity index (χ3v) is 3.64. The zero-order valence-electron chi connectivity index (χ0n) is 9.55. The zero-order chi connectivity index (χ0) is 9.68. The molecule has 0 bridgehead atoms.